The maximum atomic E-state index is 4.38. The molecule has 0 saturated carbocycles. The molecule has 2 nitrogen and oxygen atoms in total. The molecule has 13 heavy (non-hydrogen) atoms. The Morgan fingerprint density at radius 2 is 2.38 bits per heavy atom. The van der Waals surface area contributed by atoms with E-state index in [9.17, 15) is 0 Å². The highest BCUT2D eigenvalue weighted by molar-refractivity contribution is 5.86. The average molecular weight is 172 g/mol. The van der Waals surface area contributed by atoms with Gasteiger partial charge in [-0.2, -0.15) is 0 Å². The molecule has 0 bridgehead atoms. The van der Waals surface area contributed by atoms with Gasteiger partial charge in [-0.1, -0.05) is 12.1 Å². The van der Waals surface area contributed by atoms with Crippen molar-refractivity contribution in [1.82, 2.24) is 0 Å². The molecule has 0 aliphatic carbocycles. The van der Waals surface area contributed by atoms with Crippen molar-refractivity contribution in [3.05, 3.63) is 29.3 Å². The van der Waals surface area contributed by atoms with Crippen LogP contribution < -0.4 is 5.32 Å². The molecule has 1 aromatic rings. The van der Waals surface area contributed by atoms with E-state index in [4.69, 9.17) is 0 Å². The number of anilines is 1. The zero-order valence-electron chi connectivity index (χ0n) is 7.46. The Morgan fingerprint density at radius 1 is 1.38 bits per heavy atom. The summed E-state index contributed by atoms with van der Waals surface area (Å²) in [7, 11) is 0. The van der Waals surface area contributed by atoms with Crippen LogP contribution in [0.25, 0.3) is 0 Å². The lowest BCUT2D eigenvalue weighted by molar-refractivity contribution is 0.693. The maximum absolute atomic E-state index is 4.38. The minimum Gasteiger partial charge on any atom is -0.384 e. The summed E-state index contributed by atoms with van der Waals surface area (Å²) >= 11 is 0. The summed E-state index contributed by atoms with van der Waals surface area (Å²) < 4.78 is 0. The summed E-state index contributed by atoms with van der Waals surface area (Å²) in [5.41, 5.74) is 4.12. The Labute approximate surface area is 77.7 Å². The van der Waals surface area contributed by atoms with Crippen LogP contribution >= 0.6 is 0 Å². The van der Waals surface area contributed by atoms with Gasteiger partial charge >= 0.3 is 0 Å². The molecule has 0 saturated heterocycles. The molecular weight excluding hydrogens is 160 g/mol. The predicted octanol–water partition coefficient (Wildman–Crippen LogP) is 2.02. The molecule has 0 aromatic heterocycles. The first-order valence-electron chi connectivity index (χ1n) is 4.82. The number of nitrogens with zero attached hydrogens (tertiary/aromatic N) is 1. The normalized spacial score (nSPS) is 23.5. The fourth-order valence-electron chi connectivity index (χ4n) is 2.28. The third kappa shape index (κ3) is 0.981. The molecule has 1 N–H and O–H groups in total. The molecule has 66 valence electrons. The summed E-state index contributed by atoms with van der Waals surface area (Å²) in [5.74, 6) is 0.689. The molecule has 2 aliphatic rings. The number of hydrogen-bond donors (Lipinski definition) is 1. The second-order valence-corrected chi connectivity index (χ2v) is 3.71. The Morgan fingerprint density at radius 3 is 3.38 bits per heavy atom. The van der Waals surface area contributed by atoms with Gasteiger partial charge < -0.3 is 5.32 Å². The number of benzene rings is 1. The van der Waals surface area contributed by atoms with E-state index in [2.05, 4.69) is 28.5 Å². The van der Waals surface area contributed by atoms with E-state index in [0.717, 1.165) is 13.1 Å². The Kier molecular flexibility index (Phi) is 1.42. The summed E-state index contributed by atoms with van der Waals surface area (Å²) in [4.78, 5) is 4.38. The molecule has 2 heterocycles. The van der Waals surface area contributed by atoms with Gasteiger partial charge in [0.2, 0.25) is 0 Å². The van der Waals surface area contributed by atoms with E-state index in [1.807, 2.05) is 6.21 Å². The van der Waals surface area contributed by atoms with Gasteiger partial charge in [0, 0.05) is 30.9 Å². The molecule has 2 heteroatoms. The lowest BCUT2D eigenvalue weighted by Crippen LogP contribution is -2.02. The van der Waals surface area contributed by atoms with Crippen molar-refractivity contribution >= 4 is 11.9 Å². The molecule has 0 radical (unpaired) electrons. The van der Waals surface area contributed by atoms with Crippen LogP contribution in [0.4, 0.5) is 5.69 Å². The van der Waals surface area contributed by atoms with E-state index in [-0.39, 0.29) is 0 Å². The minimum absolute atomic E-state index is 0.689. The van der Waals surface area contributed by atoms with Crippen molar-refractivity contribution in [3.63, 3.8) is 0 Å². The van der Waals surface area contributed by atoms with Crippen LogP contribution in [0.2, 0.25) is 0 Å². The molecule has 1 aromatic carbocycles. The molecule has 2 aliphatic heterocycles. The monoisotopic (exact) mass is 172 g/mol. The Balaban J connectivity index is 2.24. The summed E-state index contributed by atoms with van der Waals surface area (Å²) in [6.07, 6.45) is 3.21. The van der Waals surface area contributed by atoms with Gasteiger partial charge in [-0.25, -0.2) is 0 Å². The van der Waals surface area contributed by atoms with Crippen molar-refractivity contribution in [2.45, 2.75) is 12.3 Å². The zero-order valence-corrected chi connectivity index (χ0v) is 7.46. The second-order valence-electron chi connectivity index (χ2n) is 3.71. The number of aliphatic imine (C=N–C) groups is 1. The Bertz CT molecular complexity index is 368. The summed E-state index contributed by atoms with van der Waals surface area (Å²) in [6.45, 7) is 2.07. The highest BCUT2D eigenvalue weighted by atomic mass is 14.9. The standard InChI is InChI=1S/C11H12N2/c1-2-8-6-12-5-4-9-7-13-10(3-1)11(8)9/h1-3,6,9,13H,4-5,7H2. The largest absolute Gasteiger partial charge is 0.384 e. The molecular formula is C11H12N2. The maximum Gasteiger partial charge on any atom is 0.0396 e. The van der Waals surface area contributed by atoms with Gasteiger partial charge in [0.15, 0.2) is 0 Å². The van der Waals surface area contributed by atoms with Crippen molar-refractivity contribution in [2.24, 2.45) is 4.99 Å². The van der Waals surface area contributed by atoms with Crippen LogP contribution in [0.3, 0.4) is 0 Å². The topological polar surface area (TPSA) is 24.4 Å². The second kappa shape index (κ2) is 2.59. The SMILES string of the molecule is C1=NCCC2CNc3cccc1c32. The van der Waals surface area contributed by atoms with Gasteiger partial charge in [-0.05, 0) is 23.6 Å². The molecule has 0 fully saturated rings. The number of rotatable bonds is 0. The third-order valence-electron chi connectivity index (χ3n) is 2.92. The zero-order chi connectivity index (χ0) is 8.67. The first-order chi connectivity index (χ1) is 6.45. The highest BCUT2D eigenvalue weighted by Gasteiger charge is 2.24. The lowest BCUT2D eigenvalue weighted by Gasteiger charge is -2.07. The van der Waals surface area contributed by atoms with E-state index in [1.165, 1.54) is 23.2 Å². The quantitative estimate of drug-likeness (QED) is 0.636. The van der Waals surface area contributed by atoms with Crippen LogP contribution in [0.5, 0.6) is 0 Å². The fraction of sp³-hybridized carbons (Fsp3) is 0.364. The average Bonchev–Trinajstić information content (AvgIpc) is 2.44. The number of nitrogens with one attached hydrogen (secondary N) is 1. The van der Waals surface area contributed by atoms with E-state index >= 15 is 0 Å². The third-order valence-corrected chi connectivity index (χ3v) is 2.92. The lowest BCUT2D eigenvalue weighted by atomic mass is 9.95. The molecule has 0 amide bonds. The van der Waals surface area contributed by atoms with Gasteiger partial charge in [0.25, 0.3) is 0 Å². The summed E-state index contributed by atoms with van der Waals surface area (Å²) in [5, 5.41) is 3.45. The van der Waals surface area contributed by atoms with Crippen molar-refractivity contribution in [1.29, 1.82) is 0 Å². The smallest absolute Gasteiger partial charge is 0.0396 e. The summed E-state index contributed by atoms with van der Waals surface area (Å²) in [6, 6.07) is 6.42. The van der Waals surface area contributed by atoms with Crippen molar-refractivity contribution in [3.8, 4) is 0 Å². The van der Waals surface area contributed by atoms with E-state index in [0.29, 0.717) is 5.92 Å². The van der Waals surface area contributed by atoms with Crippen LogP contribution in [-0.4, -0.2) is 19.3 Å². The van der Waals surface area contributed by atoms with Crippen LogP contribution in [0, 0.1) is 0 Å². The molecule has 1 unspecified atom stereocenters. The van der Waals surface area contributed by atoms with Crippen LogP contribution in [-0.2, 0) is 0 Å². The van der Waals surface area contributed by atoms with Crippen molar-refractivity contribution in [2.75, 3.05) is 18.4 Å². The highest BCUT2D eigenvalue weighted by Crippen LogP contribution is 2.36. The van der Waals surface area contributed by atoms with E-state index < -0.39 is 0 Å². The van der Waals surface area contributed by atoms with Crippen LogP contribution in [0.15, 0.2) is 23.2 Å². The predicted molar refractivity (Wildman–Crippen MR) is 54.8 cm³/mol. The molecule has 0 spiro atoms. The molecule has 1 atom stereocenters. The van der Waals surface area contributed by atoms with E-state index in [1.54, 1.807) is 0 Å². The fourth-order valence-corrected chi connectivity index (χ4v) is 2.28. The first-order valence-corrected chi connectivity index (χ1v) is 4.82. The van der Waals surface area contributed by atoms with Gasteiger partial charge in [0.05, 0.1) is 0 Å². The minimum atomic E-state index is 0.689. The van der Waals surface area contributed by atoms with Crippen LogP contribution in [0.1, 0.15) is 23.5 Å². The number of hydrogen-bond acceptors (Lipinski definition) is 2. The Hall–Kier alpha value is -1.31. The van der Waals surface area contributed by atoms with Gasteiger partial charge in [-0.15, -0.1) is 0 Å². The molecule has 3 rings (SSSR count). The van der Waals surface area contributed by atoms with Gasteiger partial charge in [0.1, 0.15) is 0 Å². The van der Waals surface area contributed by atoms with Gasteiger partial charge in [-0.3, -0.25) is 4.99 Å². The van der Waals surface area contributed by atoms with Crippen molar-refractivity contribution < 1.29 is 0 Å². The first kappa shape index (κ1) is 7.13.